The molecule has 26 heavy (non-hydrogen) atoms. The molecular weight excluding hydrogens is 454 g/mol. The van der Waals surface area contributed by atoms with Crippen molar-refractivity contribution in [3.05, 3.63) is 58.7 Å². The fourth-order valence-corrected chi connectivity index (χ4v) is 2.43. The van der Waals surface area contributed by atoms with E-state index < -0.39 is 0 Å². The number of halogens is 2. The Kier molecular flexibility index (Phi) is 26.3. The Morgan fingerprint density at radius 2 is 1.04 bits per heavy atom. The topological polar surface area (TPSA) is 0 Å². The minimum atomic E-state index is 0. The predicted molar refractivity (Wildman–Crippen MR) is 110 cm³/mol. The Labute approximate surface area is 197 Å². The van der Waals surface area contributed by atoms with Crippen LogP contribution in [0.3, 0.4) is 0 Å². The van der Waals surface area contributed by atoms with E-state index in [0.29, 0.717) is 0 Å². The van der Waals surface area contributed by atoms with E-state index in [-0.39, 0.29) is 51.0 Å². The summed E-state index contributed by atoms with van der Waals surface area (Å²) in [5.74, 6) is 1.56. The zero-order valence-corrected chi connectivity index (χ0v) is 23.0. The molecule has 0 saturated heterocycles. The second-order valence-corrected chi connectivity index (χ2v) is 8.40. The molecule has 0 aliphatic carbocycles. The molecule has 0 atom stereocenters. The summed E-state index contributed by atoms with van der Waals surface area (Å²) >= 11 is 0. The SMILES string of the molecule is C[SiH]C.Cc1ccc[c-]1CC(C)C.Cc1ccc[c-]1CC(C)C.[Cl-].[Cl-].[Zr+4]. The van der Waals surface area contributed by atoms with Gasteiger partial charge in [0, 0.05) is 9.52 Å². The van der Waals surface area contributed by atoms with Crippen LogP contribution < -0.4 is 24.8 Å². The smallest absolute Gasteiger partial charge is 1.00 e. The molecule has 0 bridgehead atoms. The van der Waals surface area contributed by atoms with Crippen LogP contribution in [-0.4, -0.2) is 9.52 Å². The van der Waals surface area contributed by atoms with E-state index in [9.17, 15) is 0 Å². The van der Waals surface area contributed by atoms with Crippen LogP contribution in [0.4, 0.5) is 0 Å². The van der Waals surface area contributed by atoms with Crippen molar-refractivity contribution in [3.8, 4) is 0 Å². The Bertz CT molecular complexity index is 469. The molecular formula is C22H37Cl2SiZr. The zero-order chi connectivity index (χ0) is 17.8. The molecule has 0 fully saturated rings. The van der Waals surface area contributed by atoms with E-state index in [4.69, 9.17) is 0 Å². The summed E-state index contributed by atoms with van der Waals surface area (Å²) in [6.07, 6.45) is 2.44. The van der Waals surface area contributed by atoms with E-state index in [0.717, 1.165) is 21.4 Å². The maximum Gasteiger partial charge on any atom is 4.00 e. The number of rotatable bonds is 4. The van der Waals surface area contributed by atoms with Crippen LogP contribution in [0.15, 0.2) is 36.4 Å². The van der Waals surface area contributed by atoms with Crippen molar-refractivity contribution in [2.45, 2.75) is 67.5 Å². The Hall–Kier alpha value is 0.380. The van der Waals surface area contributed by atoms with Gasteiger partial charge >= 0.3 is 26.2 Å². The van der Waals surface area contributed by atoms with Crippen LogP contribution in [0, 0.1) is 25.7 Å². The third kappa shape index (κ3) is 16.5. The van der Waals surface area contributed by atoms with Crippen molar-refractivity contribution in [2.75, 3.05) is 0 Å². The third-order valence-electron chi connectivity index (χ3n) is 3.56. The molecule has 0 saturated carbocycles. The number of aryl methyl sites for hydroxylation is 2. The summed E-state index contributed by atoms with van der Waals surface area (Å²) in [6, 6.07) is 13.1. The Balaban J connectivity index is -0.000000147. The van der Waals surface area contributed by atoms with Gasteiger partial charge in [-0.15, -0.1) is 0 Å². The van der Waals surface area contributed by atoms with Crippen molar-refractivity contribution in [1.82, 2.24) is 0 Å². The van der Waals surface area contributed by atoms with Gasteiger partial charge in [-0.3, -0.25) is 0 Å². The summed E-state index contributed by atoms with van der Waals surface area (Å²) < 4.78 is 0. The first kappa shape index (κ1) is 33.9. The fraction of sp³-hybridized carbons (Fsp3) is 0.545. The van der Waals surface area contributed by atoms with Crippen molar-refractivity contribution >= 4 is 9.52 Å². The van der Waals surface area contributed by atoms with Crippen LogP contribution in [0.5, 0.6) is 0 Å². The summed E-state index contributed by atoms with van der Waals surface area (Å²) in [6.45, 7) is 17.8. The molecule has 0 nitrogen and oxygen atoms in total. The second kappa shape index (κ2) is 20.1. The van der Waals surface area contributed by atoms with Crippen LogP contribution in [-0.2, 0) is 39.0 Å². The summed E-state index contributed by atoms with van der Waals surface area (Å²) in [7, 11) is 0.750. The van der Waals surface area contributed by atoms with Crippen LogP contribution in [0.25, 0.3) is 0 Å². The molecule has 0 aromatic heterocycles. The third-order valence-corrected chi connectivity index (χ3v) is 3.56. The molecule has 0 aliphatic heterocycles. The largest absolute Gasteiger partial charge is 4.00 e. The van der Waals surface area contributed by atoms with Gasteiger partial charge in [-0.2, -0.15) is 34.4 Å². The molecule has 0 amide bonds. The molecule has 2 rings (SSSR count). The molecule has 0 spiro atoms. The molecule has 2 aromatic rings. The van der Waals surface area contributed by atoms with Gasteiger partial charge in [0.2, 0.25) is 0 Å². The normalized spacial score (nSPS) is 9.00. The summed E-state index contributed by atoms with van der Waals surface area (Å²) in [4.78, 5) is 0. The van der Waals surface area contributed by atoms with Gasteiger partial charge in [-0.1, -0.05) is 79.3 Å². The van der Waals surface area contributed by atoms with Gasteiger partial charge in [0.25, 0.3) is 0 Å². The minimum absolute atomic E-state index is 0. The second-order valence-electron chi connectivity index (χ2n) is 7.24. The molecule has 2 aromatic carbocycles. The van der Waals surface area contributed by atoms with E-state index in [1.54, 1.807) is 0 Å². The van der Waals surface area contributed by atoms with Crippen LogP contribution >= 0.6 is 0 Å². The first-order chi connectivity index (χ1) is 10.8. The Morgan fingerprint density at radius 1 is 0.769 bits per heavy atom. The van der Waals surface area contributed by atoms with E-state index >= 15 is 0 Å². The molecule has 1 radical (unpaired) electrons. The van der Waals surface area contributed by atoms with Crippen LogP contribution in [0.1, 0.15) is 49.9 Å². The zero-order valence-electron chi connectivity index (χ0n) is 17.9. The maximum atomic E-state index is 2.26. The van der Waals surface area contributed by atoms with Gasteiger partial charge in [0.1, 0.15) is 0 Å². The quantitative estimate of drug-likeness (QED) is 0.428. The molecule has 0 N–H and O–H groups in total. The average Bonchev–Trinajstić information content (AvgIpc) is 3.01. The first-order valence-electron chi connectivity index (χ1n) is 8.98. The van der Waals surface area contributed by atoms with Gasteiger partial charge < -0.3 is 24.8 Å². The van der Waals surface area contributed by atoms with Crippen molar-refractivity contribution in [2.24, 2.45) is 11.8 Å². The van der Waals surface area contributed by atoms with Gasteiger partial charge in [0.05, 0.1) is 0 Å². The van der Waals surface area contributed by atoms with Crippen molar-refractivity contribution in [3.63, 3.8) is 0 Å². The van der Waals surface area contributed by atoms with E-state index in [1.165, 1.54) is 35.1 Å². The van der Waals surface area contributed by atoms with Gasteiger partial charge in [-0.25, -0.2) is 24.3 Å². The predicted octanol–water partition coefficient (Wildman–Crippen LogP) is 0.349. The van der Waals surface area contributed by atoms with E-state index in [2.05, 4.69) is 91.0 Å². The maximum absolute atomic E-state index is 2.26. The fourth-order valence-electron chi connectivity index (χ4n) is 2.43. The van der Waals surface area contributed by atoms with Crippen LogP contribution in [0.2, 0.25) is 13.1 Å². The standard InChI is InChI=1S/2C10H15.C2H7Si.2ClH.Zr/c2*1-8(2)7-10-6-4-5-9(10)3;1-3-2;;;/h2*4-6,8H,7H2,1-3H3;3H,1-2H3;2*1H;/q2*-1;;;;+4/p-2. The summed E-state index contributed by atoms with van der Waals surface area (Å²) in [5, 5.41) is 0. The molecule has 0 aliphatic rings. The molecule has 0 unspecified atom stereocenters. The van der Waals surface area contributed by atoms with Crippen molar-refractivity contribution in [1.29, 1.82) is 0 Å². The molecule has 4 heteroatoms. The summed E-state index contributed by atoms with van der Waals surface area (Å²) in [5.41, 5.74) is 5.90. The first-order valence-corrected chi connectivity index (χ1v) is 11.3. The number of hydrogen-bond donors (Lipinski definition) is 0. The molecule has 0 heterocycles. The molecule has 147 valence electrons. The number of hydrogen-bond acceptors (Lipinski definition) is 0. The average molecular weight is 492 g/mol. The van der Waals surface area contributed by atoms with Crippen molar-refractivity contribution < 1.29 is 51.0 Å². The van der Waals surface area contributed by atoms with Gasteiger partial charge in [0.15, 0.2) is 0 Å². The Morgan fingerprint density at radius 3 is 1.19 bits per heavy atom. The van der Waals surface area contributed by atoms with E-state index in [1.807, 2.05) is 0 Å². The minimum Gasteiger partial charge on any atom is -1.00 e. The van der Waals surface area contributed by atoms with Gasteiger partial charge in [-0.05, 0) is 0 Å². The monoisotopic (exact) mass is 489 g/mol.